The SMILES string of the molecule is C=C(C)[C@@H](CC=C(C)C)Cc1c(O)cc(O)c2c1O[C@@H](c1ccccc1O)CC2=O. The van der Waals surface area contributed by atoms with Crippen LogP contribution in [0, 0.1) is 5.92 Å². The summed E-state index contributed by atoms with van der Waals surface area (Å²) in [5.41, 5.74) is 3.17. The zero-order valence-electron chi connectivity index (χ0n) is 17.6. The minimum absolute atomic E-state index is 0.00989. The minimum Gasteiger partial charge on any atom is -0.508 e. The van der Waals surface area contributed by atoms with Gasteiger partial charge < -0.3 is 20.1 Å². The number of allylic oxidation sites excluding steroid dienone is 3. The molecule has 158 valence electrons. The topological polar surface area (TPSA) is 87.0 Å². The predicted octanol–water partition coefficient (Wildman–Crippen LogP) is 5.60. The third-order valence-corrected chi connectivity index (χ3v) is 5.49. The molecule has 1 aliphatic rings. The summed E-state index contributed by atoms with van der Waals surface area (Å²) < 4.78 is 6.12. The number of aromatic hydroxyl groups is 3. The second kappa shape index (κ2) is 8.66. The lowest BCUT2D eigenvalue weighted by atomic mass is 9.86. The number of carbonyl (C=O) groups is 1. The molecule has 0 radical (unpaired) electrons. The van der Waals surface area contributed by atoms with E-state index in [0.717, 1.165) is 12.0 Å². The predicted molar refractivity (Wildman–Crippen MR) is 116 cm³/mol. The maximum absolute atomic E-state index is 12.9. The average molecular weight is 408 g/mol. The highest BCUT2D eigenvalue weighted by Crippen LogP contribution is 2.47. The molecule has 1 heterocycles. The van der Waals surface area contributed by atoms with E-state index in [-0.39, 0.29) is 46.7 Å². The first-order chi connectivity index (χ1) is 14.2. The van der Waals surface area contributed by atoms with Crippen LogP contribution < -0.4 is 4.74 Å². The standard InChI is InChI=1S/C25H28O5/c1-14(2)9-10-16(15(3)4)11-18-20(27)12-21(28)24-22(29)13-23(30-25(18)24)17-7-5-6-8-19(17)26/h5-9,12,16,23,26-28H,3,10-11,13H2,1-2,4H3/t16-,23+/m0/s1. The first-order valence-electron chi connectivity index (χ1n) is 10.0. The third-order valence-electron chi connectivity index (χ3n) is 5.49. The summed E-state index contributed by atoms with van der Waals surface area (Å²) in [4.78, 5) is 12.9. The Kier molecular flexibility index (Phi) is 6.20. The van der Waals surface area contributed by atoms with E-state index in [0.29, 0.717) is 17.5 Å². The zero-order valence-corrected chi connectivity index (χ0v) is 17.6. The van der Waals surface area contributed by atoms with Crippen molar-refractivity contribution in [2.75, 3.05) is 0 Å². The van der Waals surface area contributed by atoms with E-state index in [4.69, 9.17) is 4.74 Å². The molecule has 0 bridgehead atoms. The van der Waals surface area contributed by atoms with E-state index < -0.39 is 6.10 Å². The van der Waals surface area contributed by atoms with Crippen molar-refractivity contribution >= 4 is 5.78 Å². The van der Waals surface area contributed by atoms with Gasteiger partial charge in [-0.3, -0.25) is 4.79 Å². The highest BCUT2D eigenvalue weighted by atomic mass is 16.5. The summed E-state index contributed by atoms with van der Waals surface area (Å²) in [5, 5.41) is 31.1. The Hall–Kier alpha value is -3.21. The molecule has 0 unspecified atom stereocenters. The molecule has 1 aliphatic heterocycles. The number of fused-ring (bicyclic) bond motifs is 1. The Labute approximate surface area is 177 Å². The highest BCUT2D eigenvalue weighted by Gasteiger charge is 2.35. The largest absolute Gasteiger partial charge is 0.508 e. The van der Waals surface area contributed by atoms with E-state index in [1.807, 2.05) is 20.8 Å². The number of benzene rings is 2. The van der Waals surface area contributed by atoms with Gasteiger partial charge >= 0.3 is 0 Å². The van der Waals surface area contributed by atoms with Gasteiger partial charge in [0.1, 0.15) is 34.7 Å². The van der Waals surface area contributed by atoms with Gasteiger partial charge in [-0.2, -0.15) is 0 Å². The van der Waals surface area contributed by atoms with Gasteiger partial charge in [-0.15, -0.1) is 0 Å². The molecule has 0 saturated heterocycles. The highest BCUT2D eigenvalue weighted by molar-refractivity contribution is 6.03. The lowest BCUT2D eigenvalue weighted by Gasteiger charge is -2.29. The molecule has 30 heavy (non-hydrogen) atoms. The van der Waals surface area contributed by atoms with Crippen molar-refractivity contribution in [2.24, 2.45) is 5.92 Å². The van der Waals surface area contributed by atoms with Crippen LogP contribution in [0.4, 0.5) is 0 Å². The molecule has 3 N–H and O–H groups in total. The van der Waals surface area contributed by atoms with Crippen LogP contribution in [0.3, 0.4) is 0 Å². The molecule has 0 saturated carbocycles. The maximum atomic E-state index is 12.9. The van der Waals surface area contributed by atoms with Crippen molar-refractivity contribution < 1.29 is 24.9 Å². The molecular weight excluding hydrogens is 380 g/mol. The second-order valence-electron chi connectivity index (χ2n) is 8.15. The smallest absolute Gasteiger partial charge is 0.174 e. The van der Waals surface area contributed by atoms with Crippen LogP contribution in [0.1, 0.15) is 61.2 Å². The Balaban J connectivity index is 2.05. The third kappa shape index (κ3) is 4.35. The molecular formula is C25H28O5. The molecule has 0 fully saturated rings. The average Bonchev–Trinajstić information content (AvgIpc) is 2.66. The normalized spacial score (nSPS) is 16.4. The van der Waals surface area contributed by atoms with Crippen LogP contribution in [-0.2, 0) is 6.42 Å². The van der Waals surface area contributed by atoms with Crippen LogP contribution in [0.15, 0.2) is 54.1 Å². The van der Waals surface area contributed by atoms with Gasteiger partial charge in [-0.25, -0.2) is 0 Å². The van der Waals surface area contributed by atoms with Crippen LogP contribution in [0.25, 0.3) is 0 Å². The second-order valence-corrected chi connectivity index (χ2v) is 8.15. The molecule has 5 nitrogen and oxygen atoms in total. The summed E-state index contributed by atoms with van der Waals surface area (Å²) in [5.74, 6) is -0.472. The maximum Gasteiger partial charge on any atom is 0.174 e. The molecule has 0 aromatic heterocycles. The Morgan fingerprint density at radius 1 is 1.17 bits per heavy atom. The van der Waals surface area contributed by atoms with Crippen LogP contribution in [0.2, 0.25) is 0 Å². The molecule has 5 heteroatoms. The molecule has 0 spiro atoms. The molecule has 0 amide bonds. The van der Waals surface area contributed by atoms with E-state index in [2.05, 4.69) is 12.7 Å². The van der Waals surface area contributed by atoms with Gasteiger partial charge in [0, 0.05) is 17.2 Å². The quantitative estimate of drug-likeness (QED) is 0.542. The summed E-state index contributed by atoms with van der Waals surface area (Å²) >= 11 is 0. The Bertz CT molecular complexity index is 1010. The van der Waals surface area contributed by atoms with Crippen molar-refractivity contribution in [3.8, 4) is 23.0 Å². The van der Waals surface area contributed by atoms with Gasteiger partial charge in [0.25, 0.3) is 0 Å². The fraction of sp³-hybridized carbons (Fsp3) is 0.320. The number of rotatable bonds is 6. The number of hydrogen-bond donors (Lipinski definition) is 3. The zero-order chi connectivity index (χ0) is 22.0. The molecule has 2 atom stereocenters. The summed E-state index contributed by atoms with van der Waals surface area (Å²) in [6.07, 6.45) is 2.55. The van der Waals surface area contributed by atoms with E-state index >= 15 is 0 Å². The van der Waals surface area contributed by atoms with Crippen LogP contribution in [-0.4, -0.2) is 21.1 Å². The summed E-state index contributed by atoms with van der Waals surface area (Å²) in [6.45, 7) is 10.1. The van der Waals surface area contributed by atoms with Crippen molar-refractivity contribution in [3.63, 3.8) is 0 Å². The van der Waals surface area contributed by atoms with Gasteiger partial charge in [0.05, 0.1) is 6.42 Å². The fourth-order valence-electron chi connectivity index (χ4n) is 3.74. The van der Waals surface area contributed by atoms with Crippen molar-refractivity contribution in [1.82, 2.24) is 0 Å². The number of ketones is 1. The number of phenolic OH excluding ortho intramolecular Hbond substituents is 3. The van der Waals surface area contributed by atoms with Gasteiger partial charge in [0.15, 0.2) is 5.78 Å². The van der Waals surface area contributed by atoms with Gasteiger partial charge in [0.2, 0.25) is 0 Å². The Morgan fingerprint density at radius 3 is 2.50 bits per heavy atom. The number of carbonyl (C=O) groups excluding carboxylic acids is 1. The molecule has 3 rings (SSSR count). The number of hydrogen-bond acceptors (Lipinski definition) is 5. The Morgan fingerprint density at radius 2 is 1.87 bits per heavy atom. The molecule has 2 aromatic carbocycles. The van der Waals surface area contributed by atoms with Crippen molar-refractivity contribution in [2.45, 2.75) is 46.1 Å². The molecule has 0 aliphatic carbocycles. The van der Waals surface area contributed by atoms with Crippen LogP contribution in [0.5, 0.6) is 23.0 Å². The van der Waals surface area contributed by atoms with Gasteiger partial charge in [-0.1, -0.05) is 42.0 Å². The summed E-state index contributed by atoms with van der Waals surface area (Å²) in [6, 6.07) is 7.89. The number of phenols is 3. The first kappa shape index (κ1) is 21.5. The summed E-state index contributed by atoms with van der Waals surface area (Å²) in [7, 11) is 0. The van der Waals surface area contributed by atoms with Crippen LogP contribution >= 0.6 is 0 Å². The number of ether oxygens (including phenoxy) is 1. The molecule has 2 aromatic rings. The minimum atomic E-state index is -0.702. The lowest BCUT2D eigenvalue weighted by molar-refractivity contribution is 0.0839. The number of Topliss-reactive ketones (excluding diaryl/α,β-unsaturated/α-hetero) is 1. The van der Waals surface area contributed by atoms with E-state index in [1.54, 1.807) is 18.2 Å². The van der Waals surface area contributed by atoms with Crippen molar-refractivity contribution in [3.05, 3.63) is 70.8 Å². The van der Waals surface area contributed by atoms with Gasteiger partial charge in [-0.05, 0) is 45.6 Å². The first-order valence-corrected chi connectivity index (χ1v) is 10.0. The number of para-hydroxylation sites is 1. The van der Waals surface area contributed by atoms with E-state index in [9.17, 15) is 20.1 Å². The van der Waals surface area contributed by atoms with E-state index in [1.165, 1.54) is 17.7 Å². The fourth-order valence-corrected chi connectivity index (χ4v) is 3.74. The lowest BCUT2D eigenvalue weighted by Crippen LogP contribution is -2.22. The monoisotopic (exact) mass is 408 g/mol. The van der Waals surface area contributed by atoms with Crippen molar-refractivity contribution in [1.29, 1.82) is 0 Å².